The average molecular weight is 360 g/mol. The van der Waals surface area contributed by atoms with Crippen molar-refractivity contribution in [1.29, 1.82) is 5.26 Å². The van der Waals surface area contributed by atoms with Crippen molar-refractivity contribution in [1.82, 2.24) is 4.57 Å². The highest BCUT2D eigenvalue weighted by molar-refractivity contribution is 5.92. The predicted molar refractivity (Wildman–Crippen MR) is 102 cm³/mol. The van der Waals surface area contributed by atoms with Gasteiger partial charge in [-0.25, -0.2) is 9.18 Å². The second kappa shape index (κ2) is 7.30. The minimum Gasteiger partial charge on any atom is -0.478 e. The first kappa shape index (κ1) is 18.2. The molecule has 0 amide bonds. The molecule has 134 valence electrons. The van der Waals surface area contributed by atoms with E-state index in [1.807, 2.05) is 24.5 Å². The van der Waals surface area contributed by atoms with Crippen LogP contribution in [0.2, 0.25) is 0 Å². The number of aromatic carboxylic acids is 1. The summed E-state index contributed by atoms with van der Waals surface area (Å²) in [4.78, 5) is 11.0. The zero-order valence-electron chi connectivity index (χ0n) is 14.9. The molecule has 4 nitrogen and oxygen atoms in total. The van der Waals surface area contributed by atoms with Gasteiger partial charge in [0.2, 0.25) is 0 Å². The minimum atomic E-state index is -1.02. The van der Waals surface area contributed by atoms with E-state index in [9.17, 15) is 14.4 Å². The second-order valence-electron chi connectivity index (χ2n) is 6.17. The molecule has 1 heterocycles. The molecular weight excluding hydrogens is 343 g/mol. The van der Waals surface area contributed by atoms with Gasteiger partial charge in [0, 0.05) is 11.4 Å². The Bertz CT molecular complexity index is 1090. The number of halogens is 1. The Kier molecular flexibility index (Phi) is 4.91. The van der Waals surface area contributed by atoms with Crippen LogP contribution < -0.4 is 0 Å². The van der Waals surface area contributed by atoms with Gasteiger partial charge in [-0.1, -0.05) is 24.3 Å². The SMILES string of the molecule is Cc1cc(/C=C(/C#N)c2ccc(C(=O)O)cc2)c(C)n1-c1ccccc1F. The number of nitriles is 1. The molecule has 0 fully saturated rings. The lowest BCUT2D eigenvalue weighted by Crippen LogP contribution is -2.01. The molecule has 0 aliphatic carbocycles. The lowest BCUT2D eigenvalue weighted by molar-refractivity contribution is 0.0697. The fraction of sp³-hybridized carbons (Fsp3) is 0.0909. The van der Waals surface area contributed by atoms with E-state index in [4.69, 9.17) is 5.11 Å². The number of hydrogen-bond donors (Lipinski definition) is 1. The summed E-state index contributed by atoms with van der Waals surface area (Å²) in [6.07, 6.45) is 1.73. The summed E-state index contributed by atoms with van der Waals surface area (Å²) in [6.45, 7) is 3.75. The lowest BCUT2D eigenvalue weighted by atomic mass is 10.0. The predicted octanol–water partition coefficient (Wildman–Crippen LogP) is 5.00. The number of carboxylic acids is 1. The van der Waals surface area contributed by atoms with Gasteiger partial charge in [-0.05, 0) is 61.4 Å². The summed E-state index contributed by atoms with van der Waals surface area (Å²) < 4.78 is 16.0. The summed E-state index contributed by atoms with van der Waals surface area (Å²) in [5, 5.41) is 18.5. The monoisotopic (exact) mass is 360 g/mol. The van der Waals surface area contributed by atoms with E-state index in [-0.39, 0.29) is 11.4 Å². The number of allylic oxidation sites excluding steroid dienone is 1. The van der Waals surface area contributed by atoms with Crippen molar-refractivity contribution in [2.24, 2.45) is 0 Å². The van der Waals surface area contributed by atoms with Crippen molar-refractivity contribution in [3.8, 4) is 11.8 Å². The second-order valence-corrected chi connectivity index (χ2v) is 6.17. The van der Waals surface area contributed by atoms with Gasteiger partial charge in [0.15, 0.2) is 0 Å². The van der Waals surface area contributed by atoms with Gasteiger partial charge in [-0.2, -0.15) is 5.26 Å². The number of hydrogen-bond acceptors (Lipinski definition) is 2. The number of benzene rings is 2. The summed E-state index contributed by atoms with van der Waals surface area (Å²) >= 11 is 0. The van der Waals surface area contributed by atoms with Crippen LogP contribution in [0.1, 0.15) is 32.9 Å². The van der Waals surface area contributed by atoms with Crippen molar-refractivity contribution >= 4 is 17.6 Å². The van der Waals surface area contributed by atoms with Crippen LogP contribution in [0.3, 0.4) is 0 Å². The topological polar surface area (TPSA) is 66.0 Å². The first-order valence-corrected chi connectivity index (χ1v) is 8.31. The summed E-state index contributed by atoms with van der Waals surface area (Å²) in [6, 6.07) is 16.7. The van der Waals surface area contributed by atoms with Crippen molar-refractivity contribution in [2.45, 2.75) is 13.8 Å². The molecule has 0 spiro atoms. The molecule has 0 atom stereocenters. The third-order valence-electron chi connectivity index (χ3n) is 4.43. The van der Waals surface area contributed by atoms with Crippen LogP contribution in [-0.2, 0) is 0 Å². The Morgan fingerprint density at radius 1 is 1.11 bits per heavy atom. The van der Waals surface area contributed by atoms with Crippen LogP contribution in [-0.4, -0.2) is 15.6 Å². The van der Waals surface area contributed by atoms with Crippen LogP contribution in [0, 0.1) is 31.0 Å². The largest absolute Gasteiger partial charge is 0.478 e. The van der Waals surface area contributed by atoms with Crippen LogP contribution in [0.4, 0.5) is 4.39 Å². The van der Waals surface area contributed by atoms with Crippen molar-refractivity contribution in [2.75, 3.05) is 0 Å². The number of carboxylic acid groups (broad SMARTS) is 1. The maximum Gasteiger partial charge on any atom is 0.335 e. The molecule has 2 aromatic carbocycles. The van der Waals surface area contributed by atoms with Gasteiger partial charge in [0.25, 0.3) is 0 Å². The van der Waals surface area contributed by atoms with Crippen molar-refractivity contribution < 1.29 is 14.3 Å². The Balaban J connectivity index is 2.06. The van der Waals surface area contributed by atoms with Gasteiger partial charge >= 0.3 is 5.97 Å². The molecule has 0 saturated heterocycles. The molecule has 3 rings (SSSR count). The van der Waals surface area contributed by atoms with Crippen molar-refractivity contribution in [3.63, 3.8) is 0 Å². The quantitative estimate of drug-likeness (QED) is 0.666. The number of aromatic nitrogens is 1. The first-order chi connectivity index (χ1) is 12.9. The molecule has 5 heteroatoms. The molecule has 1 N–H and O–H groups in total. The number of nitrogens with zero attached hydrogens (tertiary/aromatic N) is 2. The van der Waals surface area contributed by atoms with Gasteiger partial charge in [0.1, 0.15) is 5.82 Å². The van der Waals surface area contributed by atoms with Crippen LogP contribution in [0.25, 0.3) is 17.3 Å². The molecule has 27 heavy (non-hydrogen) atoms. The average Bonchev–Trinajstić information content (AvgIpc) is 2.93. The van der Waals surface area contributed by atoms with E-state index in [0.717, 1.165) is 17.0 Å². The maximum atomic E-state index is 14.2. The molecule has 0 aliphatic heterocycles. The standard InChI is InChI=1S/C22H17FN2O2/c1-14-11-18(15(2)25(14)21-6-4-3-5-20(21)23)12-19(13-24)16-7-9-17(10-8-16)22(26)27/h3-12H,1-2H3,(H,26,27)/b19-12-. The van der Waals surface area contributed by atoms with E-state index in [1.54, 1.807) is 36.4 Å². The highest BCUT2D eigenvalue weighted by Crippen LogP contribution is 2.26. The third kappa shape index (κ3) is 3.51. The lowest BCUT2D eigenvalue weighted by Gasteiger charge is -2.10. The fourth-order valence-corrected chi connectivity index (χ4v) is 3.07. The first-order valence-electron chi connectivity index (χ1n) is 8.31. The molecule has 0 bridgehead atoms. The molecule has 3 aromatic rings. The summed E-state index contributed by atoms with van der Waals surface area (Å²) in [7, 11) is 0. The highest BCUT2D eigenvalue weighted by atomic mass is 19.1. The third-order valence-corrected chi connectivity index (χ3v) is 4.43. The Morgan fingerprint density at radius 3 is 2.33 bits per heavy atom. The fourth-order valence-electron chi connectivity index (χ4n) is 3.07. The van der Waals surface area contributed by atoms with Gasteiger partial charge in [0.05, 0.1) is 22.9 Å². The Hall–Kier alpha value is -3.65. The van der Waals surface area contributed by atoms with Crippen LogP contribution >= 0.6 is 0 Å². The van der Waals surface area contributed by atoms with E-state index in [1.165, 1.54) is 18.2 Å². The zero-order chi connectivity index (χ0) is 19.6. The van der Waals surface area contributed by atoms with Gasteiger partial charge in [-0.3, -0.25) is 0 Å². The van der Waals surface area contributed by atoms with E-state index in [2.05, 4.69) is 6.07 Å². The normalized spacial score (nSPS) is 11.3. The summed E-state index contributed by atoms with van der Waals surface area (Å²) in [5.41, 5.74) is 4.11. The molecular formula is C22H17FN2O2. The van der Waals surface area contributed by atoms with Gasteiger partial charge < -0.3 is 9.67 Å². The number of rotatable bonds is 4. The van der Waals surface area contributed by atoms with E-state index >= 15 is 0 Å². The minimum absolute atomic E-state index is 0.161. The van der Waals surface area contributed by atoms with E-state index in [0.29, 0.717) is 16.8 Å². The highest BCUT2D eigenvalue weighted by Gasteiger charge is 2.13. The van der Waals surface area contributed by atoms with Gasteiger partial charge in [-0.15, -0.1) is 0 Å². The molecule has 0 radical (unpaired) electrons. The van der Waals surface area contributed by atoms with Crippen LogP contribution in [0.5, 0.6) is 0 Å². The molecule has 1 aromatic heterocycles. The number of para-hydroxylation sites is 1. The van der Waals surface area contributed by atoms with Crippen LogP contribution in [0.15, 0.2) is 54.6 Å². The molecule has 0 saturated carbocycles. The smallest absolute Gasteiger partial charge is 0.335 e. The van der Waals surface area contributed by atoms with Crippen molar-refractivity contribution in [3.05, 3.63) is 88.5 Å². The molecule has 0 unspecified atom stereocenters. The maximum absolute atomic E-state index is 14.2. The zero-order valence-corrected chi connectivity index (χ0v) is 14.9. The Morgan fingerprint density at radius 2 is 1.74 bits per heavy atom. The number of aryl methyl sites for hydroxylation is 1. The number of carbonyl (C=O) groups is 1. The Labute approximate surface area is 156 Å². The van der Waals surface area contributed by atoms with E-state index < -0.39 is 5.97 Å². The molecule has 0 aliphatic rings. The summed E-state index contributed by atoms with van der Waals surface area (Å²) in [5.74, 6) is -1.34.